The van der Waals surface area contributed by atoms with Crippen LogP contribution in [0.2, 0.25) is 15.1 Å². The van der Waals surface area contributed by atoms with E-state index in [1.807, 2.05) is 0 Å². The van der Waals surface area contributed by atoms with Crippen molar-refractivity contribution < 1.29 is 17.9 Å². The van der Waals surface area contributed by atoms with Gasteiger partial charge in [0.05, 0.1) is 24.7 Å². The lowest BCUT2D eigenvalue weighted by Gasteiger charge is -2.30. The number of amides is 1. The van der Waals surface area contributed by atoms with Gasteiger partial charge in [0.15, 0.2) is 0 Å². The van der Waals surface area contributed by atoms with Gasteiger partial charge < -0.3 is 9.64 Å². The number of sulfonamides is 1. The fraction of sp³-hybridized carbons (Fsp3) is 0.316. The molecule has 29 heavy (non-hydrogen) atoms. The quantitative estimate of drug-likeness (QED) is 0.636. The molecule has 0 radical (unpaired) electrons. The van der Waals surface area contributed by atoms with Crippen LogP contribution in [0.4, 0.5) is 0 Å². The lowest BCUT2D eigenvalue weighted by Crippen LogP contribution is -2.46. The number of hydrogen-bond donors (Lipinski definition) is 0. The Morgan fingerprint density at radius 3 is 2.17 bits per heavy atom. The van der Waals surface area contributed by atoms with Crippen LogP contribution in [0.5, 0.6) is 0 Å². The largest absolute Gasteiger partial charge is 0.378 e. The van der Waals surface area contributed by atoms with E-state index in [4.69, 9.17) is 39.5 Å². The maximum atomic E-state index is 13.3. The molecular formula is C19H19Cl3N2O4S. The van der Waals surface area contributed by atoms with Crippen molar-refractivity contribution in [1.29, 1.82) is 0 Å². The summed E-state index contributed by atoms with van der Waals surface area (Å²) in [6.45, 7) is 1.20. The summed E-state index contributed by atoms with van der Waals surface area (Å²) in [5.41, 5.74) is 0.433. The number of rotatable bonds is 6. The molecule has 1 saturated heterocycles. The number of ether oxygens (including phenoxy) is 1. The second-order valence-corrected chi connectivity index (χ2v) is 9.61. The van der Waals surface area contributed by atoms with E-state index in [0.29, 0.717) is 46.9 Å². The van der Waals surface area contributed by atoms with Crippen molar-refractivity contribution in [2.45, 2.75) is 11.4 Å². The van der Waals surface area contributed by atoms with Crippen LogP contribution in [0.3, 0.4) is 0 Å². The minimum Gasteiger partial charge on any atom is -0.378 e. The second kappa shape index (κ2) is 9.64. The number of carbonyl (C=O) groups is 1. The van der Waals surface area contributed by atoms with Crippen molar-refractivity contribution in [2.75, 3.05) is 32.8 Å². The molecule has 0 atom stereocenters. The van der Waals surface area contributed by atoms with Gasteiger partial charge in [-0.25, -0.2) is 8.42 Å². The molecule has 0 spiro atoms. The number of hydrogen-bond acceptors (Lipinski definition) is 4. The van der Waals surface area contributed by atoms with Gasteiger partial charge in [0.25, 0.3) is 0 Å². The predicted molar refractivity (Wildman–Crippen MR) is 113 cm³/mol. The van der Waals surface area contributed by atoms with Crippen LogP contribution in [0, 0.1) is 0 Å². The summed E-state index contributed by atoms with van der Waals surface area (Å²) in [5, 5.41) is 1.06. The van der Waals surface area contributed by atoms with Crippen molar-refractivity contribution >= 4 is 50.7 Å². The summed E-state index contributed by atoms with van der Waals surface area (Å²) < 4.78 is 32.9. The zero-order valence-corrected chi connectivity index (χ0v) is 18.4. The normalized spacial score (nSPS) is 15.0. The first-order chi connectivity index (χ1) is 13.8. The molecule has 2 aromatic carbocycles. The minimum atomic E-state index is -4.00. The Bertz CT molecular complexity index is 957. The smallest absolute Gasteiger partial charge is 0.243 e. The van der Waals surface area contributed by atoms with Gasteiger partial charge in [-0.2, -0.15) is 4.31 Å². The molecule has 1 fully saturated rings. The Morgan fingerprint density at radius 2 is 1.59 bits per heavy atom. The molecule has 0 unspecified atom stereocenters. The van der Waals surface area contributed by atoms with Gasteiger partial charge in [-0.15, -0.1) is 0 Å². The van der Waals surface area contributed by atoms with Crippen LogP contribution >= 0.6 is 34.8 Å². The number of halogens is 3. The average molecular weight is 478 g/mol. The zero-order valence-electron chi connectivity index (χ0n) is 15.4. The number of carbonyl (C=O) groups excluding carboxylic acids is 1. The summed E-state index contributed by atoms with van der Waals surface area (Å²) in [7, 11) is -4.00. The van der Waals surface area contributed by atoms with Crippen molar-refractivity contribution in [3.05, 3.63) is 63.1 Å². The highest BCUT2D eigenvalue weighted by Crippen LogP contribution is 2.28. The van der Waals surface area contributed by atoms with Gasteiger partial charge in [0.2, 0.25) is 15.9 Å². The lowest BCUT2D eigenvalue weighted by atomic mass is 10.2. The highest BCUT2D eigenvalue weighted by atomic mass is 35.5. The van der Waals surface area contributed by atoms with E-state index in [1.165, 1.54) is 24.3 Å². The van der Waals surface area contributed by atoms with Crippen LogP contribution < -0.4 is 0 Å². The fourth-order valence-electron chi connectivity index (χ4n) is 2.90. The lowest BCUT2D eigenvalue weighted by molar-refractivity contribution is -0.135. The Morgan fingerprint density at radius 1 is 1.00 bits per heavy atom. The molecule has 3 rings (SSSR count). The van der Waals surface area contributed by atoms with E-state index >= 15 is 0 Å². The first-order valence-corrected chi connectivity index (χ1v) is 11.4. The van der Waals surface area contributed by atoms with Gasteiger partial charge in [-0.3, -0.25) is 4.79 Å². The molecule has 0 N–H and O–H groups in total. The van der Waals surface area contributed by atoms with Crippen molar-refractivity contribution in [1.82, 2.24) is 9.21 Å². The Kier molecular flexibility index (Phi) is 7.42. The molecule has 1 amide bonds. The van der Waals surface area contributed by atoms with Crippen molar-refractivity contribution in [2.24, 2.45) is 0 Å². The third-order valence-corrected chi connectivity index (χ3v) is 7.29. The van der Waals surface area contributed by atoms with E-state index in [9.17, 15) is 13.2 Å². The molecule has 10 heteroatoms. The predicted octanol–water partition coefficient (Wildman–Crippen LogP) is 3.70. The maximum absolute atomic E-state index is 13.3. The number of benzene rings is 2. The van der Waals surface area contributed by atoms with Crippen LogP contribution in [0.15, 0.2) is 47.4 Å². The molecule has 156 valence electrons. The number of nitrogens with zero attached hydrogens (tertiary/aromatic N) is 2. The molecule has 1 aliphatic heterocycles. The zero-order chi connectivity index (χ0) is 21.0. The van der Waals surface area contributed by atoms with E-state index in [0.717, 1.165) is 4.31 Å². The van der Waals surface area contributed by atoms with E-state index in [1.54, 1.807) is 23.1 Å². The number of morpholine rings is 1. The summed E-state index contributed by atoms with van der Waals surface area (Å²) in [5.74, 6) is -0.311. The van der Waals surface area contributed by atoms with Gasteiger partial charge in [0, 0.05) is 40.3 Å². The average Bonchev–Trinajstić information content (AvgIpc) is 2.70. The van der Waals surface area contributed by atoms with E-state index < -0.39 is 10.0 Å². The Hall–Kier alpha value is -1.35. The molecule has 0 aromatic heterocycles. The van der Waals surface area contributed by atoms with Crippen LogP contribution in [-0.2, 0) is 26.1 Å². The van der Waals surface area contributed by atoms with Crippen molar-refractivity contribution in [3.8, 4) is 0 Å². The first kappa shape index (κ1) is 22.3. The summed E-state index contributed by atoms with van der Waals surface area (Å²) in [6.07, 6.45) is 0. The summed E-state index contributed by atoms with van der Waals surface area (Å²) in [6, 6.07) is 10.7. The van der Waals surface area contributed by atoms with Gasteiger partial charge in [-0.05, 0) is 36.4 Å². The van der Waals surface area contributed by atoms with E-state index in [2.05, 4.69) is 0 Å². The van der Waals surface area contributed by atoms with Gasteiger partial charge >= 0.3 is 0 Å². The van der Waals surface area contributed by atoms with Gasteiger partial charge in [-0.1, -0.05) is 40.9 Å². The third kappa shape index (κ3) is 5.42. The van der Waals surface area contributed by atoms with Crippen molar-refractivity contribution in [3.63, 3.8) is 0 Å². The standard InChI is InChI=1S/C19H19Cl3N2O4S/c20-14-4-6-15(7-5-14)29(26,27)24(12-16-17(21)2-1-3-18(16)22)13-19(25)23-8-10-28-11-9-23/h1-7H,8-13H2. The Labute approximate surface area is 185 Å². The fourth-order valence-corrected chi connectivity index (χ4v) is 4.91. The van der Waals surface area contributed by atoms with Crippen LogP contribution in [0.1, 0.15) is 5.56 Å². The molecule has 1 aliphatic rings. The van der Waals surface area contributed by atoms with E-state index in [-0.39, 0.29) is 23.9 Å². The van der Waals surface area contributed by atoms with Crippen LogP contribution in [-0.4, -0.2) is 56.4 Å². The Balaban J connectivity index is 1.94. The summed E-state index contributed by atoms with van der Waals surface area (Å²) >= 11 is 18.4. The molecule has 1 heterocycles. The summed E-state index contributed by atoms with van der Waals surface area (Å²) in [4.78, 5) is 14.4. The molecule has 0 bridgehead atoms. The molecular weight excluding hydrogens is 459 g/mol. The molecule has 2 aromatic rings. The molecule has 0 aliphatic carbocycles. The highest BCUT2D eigenvalue weighted by Gasteiger charge is 2.30. The first-order valence-electron chi connectivity index (χ1n) is 8.83. The van der Waals surface area contributed by atoms with Crippen LogP contribution in [0.25, 0.3) is 0 Å². The highest BCUT2D eigenvalue weighted by molar-refractivity contribution is 7.89. The second-order valence-electron chi connectivity index (χ2n) is 6.42. The topological polar surface area (TPSA) is 66.9 Å². The molecule has 6 nitrogen and oxygen atoms in total. The SMILES string of the molecule is O=C(CN(Cc1c(Cl)cccc1Cl)S(=O)(=O)c1ccc(Cl)cc1)N1CCOCC1. The third-order valence-electron chi connectivity index (χ3n) is 4.52. The molecule has 0 saturated carbocycles. The monoisotopic (exact) mass is 476 g/mol. The minimum absolute atomic E-state index is 0.0276. The maximum Gasteiger partial charge on any atom is 0.243 e. The van der Waals surface area contributed by atoms with Gasteiger partial charge in [0.1, 0.15) is 0 Å².